The van der Waals surface area contributed by atoms with Gasteiger partial charge < -0.3 is 10.2 Å². The molecule has 0 aromatic carbocycles. The van der Waals surface area contributed by atoms with Gasteiger partial charge in [-0.25, -0.2) is 0 Å². The Balaban J connectivity index is 2.31. The van der Waals surface area contributed by atoms with E-state index in [9.17, 15) is 10.2 Å². The van der Waals surface area contributed by atoms with Gasteiger partial charge >= 0.3 is 0 Å². The Morgan fingerprint density at radius 3 is 2.44 bits per heavy atom. The minimum atomic E-state index is -0.292. The van der Waals surface area contributed by atoms with Crippen molar-refractivity contribution in [1.29, 1.82) is 0 Å². The largest absolute Gasteiger partial charge is 0.396 e. The molecule has 0 aromatic heterocycles. The van der Waals surface area contributed by atoms with Crippen molar-refractivity contribution in [1.82, 2.24) is 0 Å². The summed E-state index contributed by atoms with van der Waals surface area (Å²) in [5.41, 5.74) is 0.523. The van der Waals surface area contributed by atoms with Crippen molar-refractivity contribution >= 4 is 0 Å². The number of aliphatic hydroxyl groups is 2. The van der Waals surface area contributed by atoms with Crippen LogP contribution in [0.5, 0.6) is 0 Å². The van der Waals surface area contributed by atoms with Crippen molar-refractivity contribution in [2.24, 2.45) is 22.7 Å². The van der Waals surface area contributed by atoms with E-state index in [-0.39, 0.29) is 24.0 Å². The highest BCUT2D eigenvalue weighted by molar-refractivity contribution is 5.03. The maximum atomic E-state index is 10.1. The molecule has 1 unspecified atom stereocenters. The van der Waals surface area contributed by atoms with Gasteiger partial charge in [0, 0.05) is 12.5 Å². The van der Waals surface area contributed by atoms with Gasteiger partial charge in [-0.3, -0.25) is 0 Å². The van der Waals surface area contributed by atoms with E-state index in [4.69, 9.17) is 0 Å². The summed E-state index contributed by atoms with van der Waals surface area (Å²) in [5, 5.41) is 19.7. The van der Waals surface area contributed by atoms with E-state index in [2.05, 4.69) is 20.8 Å². The first-order valence-electron chi connectivity index (χ1n) is 6.71. The molecule has 0 spiro atoms. The van der Waals surface area contributed by atoms with Crippen LogP contribution in [0, 0.1) is 22.7 Å². The van der Waals surface area contributed by atoms with Crippen LogP contribution in [-0.2, 0) is 0 Å². The average molecular weight is 226 g/mol. The number of hydrogen-bond acceptors (Lipinski definition) is 2. The van der Waals surface area contributed by atoms with Crippen molar-refractivity contribution in [3.63, 3.8) is 0 Å². The first-order chi connectivity index (χ1) is 7.42. The summed E-state index contributed by atoms with van der Waals surface area (Å²) in [5.74, 6) is 0.750. The minimum absolute atomic E-state index is 0.0887. The van der Waals surface area contributed by atoms with Crippen LogP contribution in [0.1, 0.15) is 52.9 Å². The van der Waals surface area contributed by atoms with Gasteiger partial charge in [-0.2, -0.15) is 0 Å². The lowest BCUT2D eigenvalue weighted by molar-refractivity contribution is -0.136. The summed E-state index contributed by atoms with van der Waals surface area (Å²) in [6, 6.07) is 0. The van der Waals surface area contributed by atoms with Crippen LogP contribution in [0.25, 0.3) is 0 Å². The summed E-state index contributed by atoms with van der Waals surface area (Å²) in [6.45, 7) is 7.16. The van der Waals surface area contributed by atoms with Crippen molar-refractivity contribution in [3.05, 3.63) is 0 Å². The molecule has 0 heterocycles. The molecular weight excluding hydrogens is 200 g/mol. The number of hydrogen-bond donors (Lipinski definition) is 2. The minimum Gasteiger partial charge on any atom is -0.396 e. The van der Waals surface area contributed by atoms with E-state index in [0.717, 1.165) is 12.8 Å². The van der Waals surface area contributed by atoms with Crippen LogP contribution < -0.4 is 0 Å². The molecule has 16 heavy (non-hydrogen) atoms. The van der Waals surface area contributed by atoms with Gasteiger partial charge in [0.2, 0.25) is 0 Å². The lowest BCUT2D eigenvalue weighted by Gasteiger charge is -2.58. The molecule has 0 aromatic rings. The summed E-state index contributed by atoms with van der Waals surface area (Å²) in [4.78, 5) is 0. The third-order valence-corrected chi connectivity index (χ3v) is 5.54. The zero-order valence-corrected chi connectivity index (χ0v) is 10.9. The van der Waals surface area contributed by atoms with Gasteiger partial charge in [0.1, 0.15) is 0 Å². The molecule has 0 radical (unpaired) electrons. The number of aliphatic hydroxyl groups excluding tert-OH is 2. The summed E-state index contributed by atoms with van der Waals surface area (Å²) in [6.07, 6.45) is 5.41. The second-order valence-corrected chi connectivity index (χ2v) is 6.83. The van der Waals surface area contributed by atoms with E-state index in [0.29, 0.717) is 11.3 Å². The Hall–Kier alpha value is -0.0800. The van der Waals surface area contributed by atoms with Crippen molar-refractivity contribution in [2.75, 3.05) is 6.61 Å². The first kappa shape index (κ1) is 12.4. The second-order valence-electron chi connectivity index (χ2n) is 6.83. The van der Waals surface area contributed by atoms with Gasteiger partial charge in [-0.1, -0.05) is 27.2 Å². The molecule has 2 aliphatic rings. The third kappa shape index (κ3) is 1.70. The predicted octanol–water partition coefficient (Wildman–Crippen LogP) is 2.58. The standard InChI is InChI=1S/C14H26O2/c1-13(2)7-4-8-14(3)10(9-15)11(16)5-6-12(13)14/h10-12,15-16H,4-9H2,1-3H3/t10-,11?,12-,14+/m0/s1. The fourth-order valence-electron chi connectivity index (χ4n) is 4.64. The van der Waals surface area contributed by atoms with Gasteiger partial charge in [0.05, 0.1) is 6.10 Å². The summed E-state index contributed by atoms with van der Waals surface area (Å²) in [7, 11) is 0. The monoisotopic (exact) mass is 226 g/mol. The highest BCUT2D eigenvalue weighted by Gasteiger charge is 2.54. The van der Waals surface area contributed by atoms with Crippen LogP contribution in [0.3, 0.4) is 0 Å². The Kier molecular flexibility index (Phi) is 3.09. The van der Waals surface area contributed by atoms with E-state index < -0.39 is 0 Å². The molecule has 0 bridgehead atoms. The molecule has 94 valence electrons. The molecular formula is C14H26O2. The molecule has 2 nitrogen and oxygen atoms in total. The Bertz CT molecular complexity index is 261. The fraction of sp³-hybridized carbons (Fsp3) is 1.00. The van der Waals surface area contributed by atoms with E-state index in [1.165, 1.54) is 19.3 Å². The maximum absolute atomic E-state index is 10.1. The highest BCUT2D eigenvalue weighted by Crippen LogP contribution is 2.59. The van der Waals surface area contributed by atoms with Crippen molar-refractivity contribution in [3.8, 4) is 0 Å². The Labute approximate surface area is 99.1 Å². The van der Waals surface area contributed by atoms with Crippen LogP contribution in [0.15, 0.2) is 0 Å². The molecule has 2 aliphatic carbocycles. The first-order valence-corrected chi connectivity index (χ1v) is 6.71. The molecule has 2 rings (SSSR count). The number of rotatable bonds is 1. The fourth-order valence-corrected chi connectivity index (χ4v) is 4.64. The lowest BCUT2D eigenvalue weighted by Crippen LogP contribution is -2.54. The average Bonchev–Trinajstić information content (AvgIpc) is 2.15. The molecule has 2 N–H and O–H groups in total. The maximum Gasteiger partial charge on any atom is 0.0595 e. The SMILES string of the molecule is CC1(C)CCC[C@]2(C)[C@@H](CO)C(O)CC[C@@H]12. The summed E-state index contributed by atoms with van der Waals surface area (Å²) < 4.78 is 0. The summed E-state index contributed by atoms with van der Waals surface area (Å²) >= 11 is 0. The van der Waals surface area contributed by atoms with E-state index in [1.54, 1.807) is 0 Å². The predicted molar refractivity (Wildman–Crippen MR) is 65.0 cm³/mol. The van der Waals surface area contributed by atoms with Crippen LogP contribution >= 0.6 is 0 Å². The van der Waals surface area contributed by atoms with Gasteiger partial charge in [0.15, 0.2) is 0 Å². The van der Waals surface area contributed by atoms with Gasteiger partial charge in [-0.05, 0) is 42.4 Å². The highest BCUT2D eigenvalue weighted by atomic mass is 16.3. The van der Waals surface area contributed by atoms with E-state index >= 15 is 0 Å². The molecule has 4 atom stereocenters. The molecule has 0 aliphatic heterocycles. The van der Waals surface area contributed by atoms with Crippen LogP contribution in [0.4, 0.5) is 0 Å². The second kappa shape index (κ2) is 3.99. The van der Waals surface area contributed by atoms with E-state index in [1.807, 2.05) is 0 Å². The Morgan fingerprint density at radius 2 is 1.81 bits per heavy atom. The van der Waals surface area contributed by atoms with Crippen molar-refractivity contribution < 1.29 is 10.2 Å². The normalized spacial score (nSPS) is 47.4. The van der Waals surface area contributed by atoms with Gasteiger partial charge in [-0.15, -0.1) is 0 Å². The lowest BCUT2D eigenvalue weighted by atomic mass is 9.48. The zero-order chi connectivity index (χ0) is 12.0. The molecule has 2 fully saturated rings. The quantitative estimate of drug-likeness (QED) is 0.721. The zero-order valence-electron chi connectivity index (χ0n) is 10.9. The van der Waals surface area contributed by atoms with Crippen molar-refractivity contribution in [2.45, 2.75) is 59.0 Å². The molecule has 0 amide bonds. The molecule has 2 saturated carbocycles. The number of fused-ring (bicyclic) bond motifs is 1. The molecule has 2 heteroatoms. The Morgan fingerprint density at radius 1 is 1.12 bits per heavy atom. The van der Waals surface area contributed by atoms with Gasteiger partial charge in [0.25, 0.3) is 0 Å². The molecule has 0 saturated heterocycles. The smallest absolute Gasteiger partial charge is 0.0595 e. The van der Waals surface area contributed by atoms with Crippen LogP contribution in [0.2, 0.25) is 0 Å². The van der Waals surface area contributed by atoms with Crippen LogP contribution in [-0.4, -0.2) is 22.9 Å². The topological polar surface area (TPSA) is 40.5 Å². The third-order valence-electron chi connectivity index (χ3n) is 5.54.